The Morgan fingerprint density at radius 3 is 2.00 bits per heavy atom. The summed E-state index contributed by atoms with van der Waals surface area (Å²) in [7, 11) is 0. The Bertz CT molecular complexity index is 1210. The van der Waals surface area contributed by atoms with Crippen LogP contribution in [0, 0.1) is 0 Å². The predicted octanol–water partition coefficient (Wildman–Crippen LogP) is 7.74. The molecule has 0 saturated carbocycles. The van der Waals surface area contributed by atoms with E-state index in [4.69, 9.17) is 9.47 Å². The molecule has 0 saturated heterocycles. The molecule has 0 amide bonds. The van der Waals surface area contributed by atoms with Gasteiger partial charge in [0, 0.05) is 18.6 Å². The molecule has 4 nitrogen and oxygen atoms in total. The van der Waals surface area contributed by atoms with Gasteiger partial charge in [-0.25, -0.2) is 0 Å². The SMILES string of the molecule is CCOC(=O)C[C@@H](c1cccc(Oc2ccccc2)c1)N(Cc1ccccc1)[C@H](C)c1ccccc1. The van der Waals surface area contributed by atoms with Crippen molar-refractivity contribution in [3.63, 3.8) is 0 Å². The van der Waals surface area contributed by atoms with Gasteiger partial charge < -0.3 is 9.47 Å². The molecule has 0 aliphatic heterocycles. The highest BCUT2D eigenvalue weighted by atomic mass is 16.5. The predicted molar refractivity (Wildman–Crippen MR) is 144 cm³/mol. The molecule has 0 unspecified atom stereocenters. The van der Waals surface area contributed by atoms with Crippen LogP contribution in [-0.2, 0) is 16.1 Å². The molecular formula is C32H33NO3. The van der Waals surface area contributed by atoms with Crippen molar-refractivity contribution in [1.82, 2.24) is 4.90 Å². The van der Waals surface area contributed by atoms with E-state index in [1.54, 1.807) is 0 Å². The van der Waals surface area contributed by atoms with Gasteiger partial charge in [-0.05, 0) is 54.8 Å². The summed E-state index contributed by atoms with van der Waals surface area (Å²) in [5.41, 5.74) is 3.39. The van der Waals surface area contributed by atoms with Crippen LogP contribution in [0.3, 0.4) is 0 Å². The van der Waals surface area contributed by atoms with E-state index in [0.717, 1.165) is 17.1 Å². The summed E-state index contributed by atoms with van der Waals surface area (Å²) in [6.07, 6.45) is 0.243. The van der Waals surface area contributed by atoms with E-state index < -0.39 is 0 Å². The van der Waals surface area contributed by atoms with Gasteiger partial charge in [-0.3, -0.25) is 9.69 Å². The van der Waals surface area contributed by atoms with E-state index >= 15 is 0 Å². The zero-order chi connectivity index (χ0) is 25.2. The highest BCUT2D eigenvalue weighted by Crippen LogP contribution is 2.36. The van der Waals surface area contributed by atoms with E-state index in [1.165, 1.54) is 11.1 Å². The lowest BCUT2D eigenvalue weighted by Crippen LogP contribution is -2.33. The Hall–Kier alpha value is -3.89. The van der Waals surface area contributed by atoms with Gasteiger partial charge in [0.2, 0.25) is 0 Å². The molecule has 0 N–H and O–H groups in total. The number of nitrogens with zero attached hydrogens (tertiary/aromatic N) is 1. The third kappa shape index (κ3) is 6.83. The van der Waals surface area contributed by atoms with Gasteiger partial charge in [0.25, 0.3) is 0 Å². The molecule has 0 aromatic heterocycles. The van der Waals surface area contributed by atoms with E-state index in [1.807, 2.05) is 67.6 Å². The molecular weight excluding hydrogens is 446 g/mol. The maximum atomic E-state index is 12.8. The maximum absolute atomic E-state index is 12.8. The van der Waals surface area contributed by atoms with Gasteiger partial charge in [0.15, 0.2) is 0 Å². The Morgan fingerprint density at radius 2 is 1.33 bits per heavy atom. The van der Waals surface area contributed by atoms with Crippen molar-refractivity contribution in [2.45, 2.75) is 38.9 Å². The first-order valence-electron chi connectivity index (χ1n) is 12.5. The van der Waals surface area contributed by atoms with E-state index in [9.17, 15) is 4.79 Å². The summed E-state index contributed by atoms with van der Waals surface area (Å²) < 4.78 is 11.5. The van der Waals surface area contributed by atoms with Crippen LogP contribution in [0.15, 0.2) is 115 Å². The Balaban J connectivity index is 1.73. The summed E-state index contributed by atoms with van der Waals surface area (Å²) in [4.78, 5) is 15.2. The minimum absolute atomic E-state index is 0.0598. The standard InChI is InChI=1S/C32H33NO3/c1-3-35-32(34)23-31(28-18-13-21-30(22-28)36-29-19-11-6-12-20-29)33(24-26-14-7-4-8-15-26)25(2)27-16-9-5-10-17-27/h4-22,25,31H,3,23-24H2,1-2H3/t25-,31+/m1/s1. The number of carbonyl (C=O) groups excluding carboxylic acids is 1. The van der Waals surface area contributed by atoms with Crippen molar-refractivity contribution in [2.75, 3.05) is 6.61 Å². The monoisotopic (exact) mass is 479 g/mol. The van der Waals surface area contributed by atoms with Gasteiger partial charge >= 0.3 is 5.97 Å². The number of hydrogen-bond donors (Lipinski definition) is 0. The zero-order valence-electron chi connectivity index (χ0n) is 20.9. The second-order valence-corrected chi connectivity index (χ2v) is 8.76. The fourth-order valence-corrected chi connectivity index (χ4v) is 4.45. The smallest absolute Gasteiger partial charge is 0.307 e. The summed E-state index contributed by atoms with van der Waals surface area (Å²) in [5, 5.41) is 0. The number of esters is 1. The van der Waals surface area contributed by atoms with Crippen molar-refractivity contribution in [2.24, 2.45) is 0 Å². The molecule has 4 aromatic rings. The maximum Gasteiger partial charge on any atom is 0.307 e. The van der Waals surface area contributed by atoms with Crippen molar-refractivity contribution in [3.8, 4) is 11.5 Å². The normalized spacial score (nSPS) is 12.6. The van der Waals surface area contributed by atoms with Crippen LogP contribution in [-0.4, -0.2) is 17.5 Å². The molecule has 4 rings (SSSR count). The number of carbonyl (C=O) groups is 1. The van der Waals surface area contributed by atoms with Crippen LogP contribution in [0.4, 0.5) is 0 Å². The van der Waals surface area contributed by atoms with Gasteiger partial charge in [-0.15, -0.1) is 0 Å². The highest BCUT2D eigenvalue weighted by Gasteiger charge is 2.29. The average Bonchev–Trinajstić information content (AvgIpc) is 2.92. The number of para-hydroxylation sites is 1. The van der Waals surface area contributed by atoms with Gasteiger partial charge in [-0.2, -0.15) is 0 Å². The molecule has 0 aliphatic rings. The minimum Gasteiger partial charge on any atom is -0.466 e. The molecule has 36 heavy (non-hydrogen) atoms. The van der Waals surface area contributed by atoms with Crippen LogP contribution >= 0.6 is 0 Å². The lowest BCUT2D eigenvalue weighted by molar-refractivity contribution is -0.145. The summed E-state index contributed by atoms with van der Waals surface area (Å²) in [6.45, 7) is 5.08. The lowest BCUT2D eigenvalue weighted by Gasteiger charge is -2.37. The van der Waals surface area contributed by atoms with Crippen molar-refractivity contribution in [3.05, 3.63) is 132 Å². The quantitative estimate of drug-likeness (QED) is 0.206. The molecule has 0 radical (unpaired) electrons. The first kappa shape index (κ1) is 25.2. The van der Waals surface area contributed by atoms with Crippen LogP contribution in [0.2, 0.25) is 0 Å². The largest absolute Gasteiger partial charge is 0.466 e. The molecule has 4 heteroatoms. The van der Waals surface area contributed by atoms with Crippen LogP contribution in [0.1, 0.15) is 49.0 Å². The fraction of sp³-hybridized carbons (Fsp3) is 0.219. The summed E-state index contributed by atoms with van der Waals surface area (Å²) >= 11 is 0. The topological polar surface area (TPSA) is 38.8 Å². The summed E-state index contributed by atoms with van der Waals surface area (Å²) in [6, 6.07) is 38.4. The number of hydrogen-bond acceptors (Lipinski definition) is 4. The Morgan fingerprint density at radius 1 is 0.750 bits per heavy atom. The van der Waals surface area contributed by atoms with E-state index in [0.29, 0.717) is 13.2 Å². The Labute approximate surface area is 214 Å². The number of ether oxygens (including phenoxy) is 2. The highest BCUT2D eigenvalue weighted by molar-refractivity contribution is 5.70. The zero-order valence-corrected chi connectivity index (χ0v) is 20.9. The molecule has 4 aromatic carbocycles. The van der Waals surface area contributed by atoms with Crippen molar-refractivity contribution < 1.29 is 14.3 Å². The lowest BCUT2D eigenvalue weighted by atomic mass is 9.96. The number of rotatable bonds is 11. The van der Waals surface area contributed by atoms with Gasteiger partial charge in [0.1, 0.15) is 11.5 Å². The van der Waals surface area contributed by atoms with Crippen molar-refractivity contribution in [1.29, 1.82) is 0 Å². The average molecular weight is 480 g/mol. The first-order chi connectivity index (χ1) is 17.6. The van der Waals surface area contributed by atoms with Crippen LogP contribution in [0.25, 0.3) is 0 Å². The second-order valence-electron chi connectivity index (χ2n) is 8.76. The Kier molecular flexibility index (Phi) is 8.90. The van der Waals surface area contributed by atoms with Crippen LogP contribution in [0.5, 0.6) is 11.5 Å². The molecule has 0 bridgehead atoms. The van der Waals surface area contributed by atoms with E-state index in [-0.39, 0.29) is 24.5 Å². The molecule has 0 heterocycles. The molecule has 0 fully saturated rings. The minimum atomic E-state index is -0.213. The van der Waals surface area contributed by atoms with E-state index in [2.05, 4.69) is 66.4 Å². The summed E-state index contributed by atoms with van der Waals surface area (Å²) in [5.74, 6) is 1.30. The van der Waals surface area contributed by atoms with Gasteiger partial charge in [0.05, 0.1) is 13.0 Å². The number of benzene rings is 4. The fourth-order valence-electron chi connectivity index (χ4n) is 4.45. The van der Waals surface area contributed by atoms with Crippen LogP contribution < -0.4 is 4.74 Å². The van der Waals surface area contributed by atoms with Crippen molar-refractivity contribution >= 4 is 5.97 Å². The third-order valence-corrected chi connectivity index (χ3v) is 6.27. The first-order valence-corrected chi connectivity index (χ1v) is 12.5. The second kappa shape index (κ2) is 12.7. The molecule has 0 aliphatic carbocycles. The third-order valence-electron chi connectivity index (χ3n) is 6.27. The molecule has 2 atom stereocenters. The van der Waals surface area contributed by atoms with Gasteiger partial charge in [-0.1, -0.05) is 91.0 Å². The molecule has 184 valence electrons. The molecule has 0 spiro atoms.